The molecule has 0 unspecified atom stereocenters. The molecule has 19 heavy (non-hydrogen) atoms. The SMILES string of the molecule is NS(=O)(=O)c1ccccc1NCC1(O)CCCCC1. The summed E-state index contributed by atoms with van der Waals surface area (Å²) in [6, 6.07) is 6.48. The first-order chi connectivity index (χ1) is 8.91. The minimum atomic E-state index is -3.75. The van der Waals surface area contributed by atoms with Gasteiger partial charge in [-0.25, -0.2) is 13.6 Å². The smallest absolute Gasteiger partial charge is 0.240 e. The Morgan fingerprint density at radius 1 is 1.21 bits per heavy atom. The molecule has 0 heterocycles. The number of aliphatic hydroxyl groups is 1. The van der Waals surface area contributed by atoms with Crippen LogP contribution in [-0.2, 0) is 10.0 Å². The predicted molar refractivity (Wildman–Crippen MR) is 74.3 cm³/mol. The summed E-state index contributed by atoms with van der Waals surface area (Å²) in [5.74, 6) is 0. The third-order valence-corrected chi connectivity index (χ3v) is 4.55. The van der Waals surface area contributed by atoms with Crippen molar-refractivity contribution in [3.63, 3.8) is 0 Å². The Morgan fingerprint density at radius 3 is 2.47 bits per heavy atom. The Kier molecular flexibility index (Phi) is 4.13. The van der Waals surface area contributed by atoms with Gasteiger partial charge in [-0.3, -0.25) is 0 Å². The van der Waals surface area contributed by atoms with E-state index >= 15 is 0 Å². The standard InChI is InChI=1S/C13H20N2O3S/c14-19(17,18)12-7-3-2-6-11(12)15-10-13(16)8-4-1-5-9-13/h2-3,6-7,15-16H,1,4-5,8-10H2,(H2,14,17,18). The fourth-order valence-corrected chi connectivity index (χ4v) is 3.22. The van der Waals surface area contributed by atoms with Crippen LogP contribution in [0.25, 0.3) is 0 Å². The third kappa shape index (κ3) is 3.68. The molecule has 1 fully saturated rings. The summed E-state index contributed by atoms with van der Waals surface area (Å²) in [4.78, 5) is 0.0643. The van der Waals surface area contributed by atoms with E-state index in [1.165, 1.54) is 6.07 Å². The molecule has 1 aromatic rings. The number of para-hydroxylation sites is 1. The minimum absolute atomic E-state index is 0.0643. The van der Waals surface area contributed by atoms with Crippen molar-refractivity contribution in [2.75, 3.05) is 11.9 Å². The number of nitrogens with two attached hydrogens (primary N) is 1. The summed E-state index contributed by atoms with van der Waals surface area (Å²) >= 11 is 0. The summed E-state index contributed by atoms with van der Waals surface area (Å²) in [6.07, 6.45) is 4.66. The molecular weight excluding hydrogens is 264 g/mol. The van der Waals surface area contributed by atoms with Crippen molar-refractivity contribution in [1.29, 1.82) is 0 Å². The zero-order chi connectivity index (χ0) is 13.9. The summed E-state index contributed by atoms with van der Waals surface area (Å²) in [6.45, 7) is 0.347. The monoisotopic (exact) mass is 284 g/mol. The lowest BCUT2D eigenvalue weighted by Gasteiger charge is -2.32. The Morgan fingerprint density at radius 2 is 1.84 bits per heavy atom. The van der Waals surface area contributed by atoms with Crippen LogP contribution in [0, 0.1) is 0 Å². The van der Waals surface area contributed by atoms with Crippen LogP contribution in [0.4, 0.5) is 5.69 Å². The van der Waals surface area contributed by atoms with Crippen LogP contribution >= 0.6 is 0 Å². The molecule has 5 nitrogen and oxygen atoms in total. The topological polar surface area (TPSA) is 92.4 Å². The van der Waals surface area contributed by atoms with Crippen molar-refractivity contribution in [1.82, 2.24) is 0 Å². The largest absolute Gasteiger partial charge is 0.388 e. The molecule has 106 valence electrons. The van der Waals surface area contributed by atoms with E-state index in [9.17, 15) is 13.5 Å². The van der Waals surface area contributed by atoms with E-state index in [1.54, 1.807) is 18.2 Å². The van der Waals surface area contributed by atoms with Crippen molar-refractivity contribution in [3.8, 4) is 0 Å². The van der Waals surface area contributed by atoms with Crippen molar-refractivity contribution in [2.24, 2.45) is 5.14 Å². The molecule has 0 spiro atoms. The van der Waals surface area contributed by atoms with Gasteiger partial charge in [0, 0.05) is 6.54 Å². The Bertz CT molecular complexity index is 537. The second-order valence-electron chi connectivity index (χ2n) is 5.18. The third-order valence-electron chi connectivity index (χ3n) is 3.59. The van der Waals surface area contributed by atoms with E-state index in [0.717, 1.165) is 32.1 Å². The molecule has 0 amide bonds. The van der Waals surface area contributed by atoms with Crippen molar-refractivity contribution in [3.05, 3.63) is 24.3 Å². The fraction of sp³-hybridized carbons (Fsp3) is 0.538. The van der Waals surface area contributed by atoms with Crippen molar-refractivity contribution >= 4 is 15.7 Å². The van der Waals surface area contributed by atoms with Gasteiger partial charge >= 0.3 is 0 Å². The number of hydrogen-bond acceptors (Lipinski definition) is 4. The number of nitrogens with one attached hydrogen (secondary N) is 1. The van der Waals surface area contributed by atoms with E-state index < -0.39 is 15.6 Å². The van der Waals surface area contributed by atoms with Gasteiger partial charge in [-0.1, -0.05) is 31.4 Å². The zero-order valence-electron chi connectivity index (χ0n) is 10.8. The lowest BCUT2D eigenvalue weighted by atomic mass is 9.85. The summed E-state index contributed by atoms with van der Waals surface area (Å²) in [5, 5.41) is 18.6. The zero-order valence-corrected chi connectivity index (χ0v) is 11.6. The van der Waals surface area contributed by atoms with Gasteiger partial charge in [-0.2, -0.15) is 0 Å². The molecule has 1 aromatic carbocycles. The molecule has 0 aromatic heterocycles. The molecule has 1 saturated carbocycles. The van der Waals surface area contributed by atoms with Crippen LogP contribution in [0.2, 0.25) is 0 Å². The first kappa shape index (κ1) is 14.3. The maximum absolute atomic E-state index is 11.5. The average molecular weight is 284 g/mol. The van der Waals surface area contributed by atoms with Crippen molar-refractivity contribution < 1.29 is 13.5 Å². The first-order valence-electron chi connectivity index (χ1n) is 6.49. The molecule has 6 heteroatoms. The Hall–Kier alpha value is -1.11. The quantitative estimate of drug-likeness (QED) is 0.780. The maximum Gasteiger partial charge on any atom is 0.240 e. The minimum Gasteiger partial charge on any atom is -0.388 e. The Labute approximate surface area is 113 Å². The van der Waals surface area contributed by atoms with E-state index in [0.29, 0.717) is 12.2 Å². The van der Waals surface area contributed by atoms with E-state index in [1.807, 2.05) is 0 Å². The number of primary sulfonamides is 1. The number of rotatable bonds is 4. The van der Waals surface area contributed by atoms with E-state index in [2.05, 4.69) is 5.32 Å². The summed E-state index contributed by atoms with van der Waals surface area (Å²) < 4.78 is 22.9. The van der Waals surface area contributed by atoms with Crippen LogP contribution in [0.3, 0.4) is 0 Å². The number of sulfonamides is 1. The molecule has 1 aliphatic carbocycles. The normalized spacial score (nSPS) is 19.1. The van der Waals surface area contributed by atoms with Gasteiger partial charge in [0.1, 0.15) is 4.90 Å². The summed E-state index contributed by atoms with van der Waals surface area (Å²) in [5.41, 5.74) is -0.298. The average Bonchev–Trinajstić information content (AvgIpc) is 2.37. The van der Waals surface area contributed by atoms with E-state index in [-0.39, 0.29) is 4.90 Å². The predicted octanol–water partition coefficient (Wildman–Crippen LogP) is 1.44. The van der Waals surface area contributed by atoms with Gasteiger partial charge in [-0.15, -0.1) is 0 Å². The molecule has 0 radical (unpaired) electrons. The van der Waals surface area contributed by atoms with Crippen LogP contribution in [0.5, 0.6) is 0 Å². The maximum atomic E-state index is 11.5. The van der Waals surface area contributed by atoms with E-state index in [4.69, 9.17) is 5.14 Å². The Balaban J connectivity index is 2.12. The first-order valence-corrected chi connectivity index (χ1v) is 8.03. The molecule has 0 atom stereocenters. The molecule has 0 saturated heterocycles. The van der Waals surface area contributed by atoms with Crippen LogP contribution in [0.1, 0.15) is 32.1 Å². The number of benzene rings is 1. The number of hydrogen-bond donors (Lipinski definition) is 3. The van der Waals surface area contributed by atoms with Gasteiger partial charge in [-0.05, 0) is 25.0 Å². The molecule has 0 aliphatic heterocycles. The van der Waals surface area contributed by atoms with Crippen molar-refractivity contribution in [2.45, 2.75) is 42.6 Å². The van der Waals surface area contributed by atoms with Crippen LogP contribution < -0.4 is 10.5 Å². The number of anilines is 1. The summed E-state index contributed by atoms with van der Waals surface area (Å²) in [7, 11) is -3.75. The molecule has 1 aliphatic rings. The molecule has 2 rings (SSSR count). The molecule has 4 N–H and O–H groups in total. The fourth-order valence-electron chi connectivity index (χ4n) is 2.51. The van der Waals surface area contributed by atoms with Gasteiger partial charge in [0.05, 0.1) is 11.3 Å². The van der Waals surface area contributed by atoms with Gasteiger partial charge in [0.2, 0.25) is 10.0 Å². The second-order valence-corrected chi connectivity index (χ2v) is 6.71. The second kappa shape index (κ2) is 5.48. The highest BCUT2D eigenvalue weighted by Gasteiger charge is 2.29. The van der Waals surface area contributed by atoms with Gasteiger partial charge in [0.25, 0.3) is 0 Å². The van der Waals surface area contributed by atoms with Crippen LogP contribution in [0.15, 0.2) is 29.2 Å². The molecular formula is C13H20N2O3S. The lowest BCUT2D eigenvalue weighted by molar-refractivity contribution is 0.0167. The lowest BCUT2D eigenvalue weighted by Crippen LogP contribution is -2.39. The van der Waals surface area contributed by atoms with Crippen LogP contribution in [-0.4, -0.2) is 25.7 Å². The highest BCUT2D eigenvalue weighted by atomic mass is 32.2. The van der Waals surface area contributed by atoms with Gasteiger partial charge < -0.3 is 10.4 Å². The molecule has 0 bridgehead atoms. The highest BCUT2D eigenvalue weighted by molar-refractivity contribution is 7.89. The highest BCUT2D eigenvalue weighted by Crippen LogP contribution is 2.29. The van der Waals surface area contributed by atoms with Gasteiger partial charge in [0.15, 0.2) is 0 Å².